The van der Waals surface area contributed by atoms with Crippen LogP contribution in [0.2, 0.25) is 0 Å². The Bertz CT molecular complexity index is 201. The number of hydrogen-bond donors (Lipinski definition) is 1. The fourth-order valence-electron chi connectivity index (χ4n) is 1.62. The van der Waals surface area contributed by atoms with Gasteiger partial charge in [-0.05, 0) is 12.2 Å². The van der Waals surface area contributed by atoms with Crippen LogP contribution in [0.5, 0.6) is 0 Å². The molecule has 3 heteroatoms. The second kappa shape index (κ2) is 6.38. The minimum Gasteiger partial charge on any atom is -0.544 e. The summed E-state index contributed by atoms with van der Waals surface area (Å²) < 4.78 is 0. The van der Waals surface area contributed by atoms with Gasteiger partial charge in [0, 0.05) is 5.92 Å². The number of hydrogen-bond acceptors (Lipinski definition) is 2. The highest BCUT2D eigenvalue weighted by Gasteiger charge is 2.24. The Labute approximate surface area is 85.7 Å². The highest BCUT2D eigenvalue weighted by molar-refractivity contribution is 5.69. The minimum absolute atomic E-state index is 0.0508. The van der Waals surface area contributed by atoms with Crippen molar-refractivity contribution in [3.63, 3.8) is 0 Å². The van der Waals surface area contributed by atoms with Crippen LogP contribution >= 0.6 is 0 Å². The maximum Gasteiger partial charge on any atom is 0.130 e. The summed E-state index contributed by atoms with van der Waals surface area (Å²) in [6, 6.07) is -0.494. The molecule has 0 saturated carbocycles. The molecule has 0 bridgehead atoms. The Hall–Kier alpha value is -1.09. The molecule has 0 rings (SSSR count). The Balaban J connectivity index is 4.61. The second-order valence-electron chi connectivity index (χ2n) is 3.68. The van der Waals surface area contributed by atoms with Gasteiger partial charge in [0.25, 0.3) is 0 Å². The van der Waals surface area contributed by atoms with E-state index in [2.05, 4.69) is 13.2 Å². The summed E-state index contributed by atoms with van der Waals surface area (Å²) in [4.78, 5) is 11.9. The van der Waals surface area contributed by atoms with Crippen molar-refractivity contribution < 1.29 is 14.8 Å². The first kappa shape index (κ1) is 12.9. The van der Waals surface area contributed by atoms with Gasteiger partial charge in [-0.15, -0.1) is 0 Å². The lowest BCUT2D eigenvalue weighted by Crippen LogP contribution is -3.17. The third-order valence-electron chi connectivity index (χ3n) is 2.17. The van der Waals surface area contributed by atoms with Gasteiger partial charge in [0.05, 0.1) is 19.1 Å². The summed E-state index contributed by atoms with van der Waals surface area (Å²) >= 11 is 0. The Morgan fingerprint density at radius 3 is 2.00 bits per heavy atom. The van der Waals surface area contributed by atoms with Crippen molar-refractivity contribution in [3.05, 3.63) is 25.3 Å². The van der Waals surface area contributed by atoms with E-state index in [1.165, 1.54) is 0 Å². The normalized spacial score (nSPS) is 12.9. The lowest BCUT2D eigenvalue weighted by atomic mass is 10.0. The summed E-state index contributed by atoms with van der Waals surface area (Å²) in [5.41, 5.74) is 0. The molecule has 0 aliphatic carbocycles. The molecule has 0 aromatic carbocycles. The zero-order valence-electron chi connectivity index (χ0n) is 8.95. The molecule has 0 aliphatic rings. The monoisotopic (exact) mass is 197 g/mol. The zero-order valence-corrected chi connectivity index (χ0v) is 8.95. The molecule has 1 N–H and O–H groups in total. The lowest BCUT2D eigenvalue weighted by molar-refractivity contribution is -0.910. The molecule has 14 heavy (non-hydrogen) atoms. The predicted molar refractivity (Wildman–Crippen MR) is 54.7 cm³/mol. The first-order valence-electron chi connectivity index (χ1n) is 4.81. The molecule has 0 radical (unpaired) electrons. The number of carboxylic acid groups (broad SMARTS) is 1. The van der Waals surface area contributed by atoms with Crippen molar-refractivity contribution in [3.8, 4) is 0 Å². The molecule has 0 unspecified atom stereocenters. The molecule has 0 amide bonds. The van der Waals surface area contributed by atoms with Crippen LogP contribution < -0.4 is 10.0 Å². The van der Waals surface area contributed by atoms with Gasteiger partial charge >= 0.3 is 0 Å². The number of carbonyl (C=O) groups excluding carboxylic acids is 1. The zero-order chi connectivity index (χ0) is 11.1. The van der Waals surface area contributed by atoms with Gasteiger partial charge in [-0.25, -0.2) is 0 Å². The summed E-state index contributed by atoms with van der Waals surface area (Å²) in [5, 5.41) is 10.9. The van der Waals surface area contributed by atoms with Gasteiger partial charge in [0.2, 0.25) is 0 Å². The standard InChI is InChI=1S/C11H19NO2/c1-5-7-12(8-6-2)10(9(3)4)11(13)14/h5-6,9-10H,1-2,7-8H2,3-4H3,(H,13,14)/t10-/m0/s1. The number of carboxylic acids is 1. The van der Waals surface area contributed by atoms with Crippen LogP contribution in [0.3, 0.4) is 0 Å². The van der Waals surface area contributed by atoms with Crippen molar-refractivity contribution in [2.75, 3.05) is 13.1 Å². The molecule has 1 atom stereocenters. The quantitative estimate of drug-likeness (QED) is 0.533. The number of aliphatic carboxylic acids is 1. The van der Waals surface area contributed by atoms with Crippen LogP contribution in [0.25, 0.3) is 0 Å². The smallest absolute Gasteiger partial charge is 0.130 e. The maximum absolute atomic E-state index is 10.9. The fraction of sp³-hybridized carbons (Fsp3) is 0.545. The van der Waals surface area contributed by atoms with Crippen LogP contribution in [-0.4, -0.2) is 25.1 Å². The Morgan fingerprint density at radius 1 is 1.36 bits per heavy atom. The number of carbonyl (C=O) groups is 1. The van der Waals surface area contributed by atoms with Gasteiger partial charge in [-0.3, -0.25) is 0 Å². The molecule has 80 valence electrons. The third-order valence-corrected chi connectivity index (χ3v) is 2.17. The van der Waals surface area contributed by atoms with E-state index in [0.29, 0.717) is 13.1 Å². The minimum atomic E-state index is -1.00. The van der Waals surface area contributed by atoms with Crippen LogP contribution in [0.15, 0.2) is 25.3 Å². The van der Waals surface area contributed by atoms with Gasteiger partial charge in [0.15, 0.2) is 0 Å². The van der Waals surface area contributed by atoms with Crippen molar-refractivity contribution in [2.45, 2.75) is 19.9 Å². The second-order valence-corrected chi connectivity index (χ2v) is 3.68. The maximum atomic E-state index is 10.9. The fourth-order valence-corrected chi connectivity index (χ4v) is 1.62. The SMILES string of the molecule is C=CC[NH+](CC=C)[C@H](C(=O)[O-])C(C)C. The first-order chi connectivity index (χ1) is 6.54. The summed E-state index contributed by atoms with van der Waals surface area (Å²) in [6.45, 7) is 12.2. The molecular weight excluding hydrogens is 178 g/mol. The van der Waals surface area contributed by atoms with Gasteiger partial charge in [-0.2, -0.15) is 0 Å². The first-order valence-corrected chi connectivity index (χ1v) is 4.81. The van der Waals surface area contributed by atoms with E-state index in [1.54, 1.807) is 12.2 Å². The third kappa shape index (κ3) is 3.75. The van der Waals surface area contributed by atoms with Crippen LogP contribution in [0.4, 0.5) is 0 Å². The van der Waals surface area contributed by atoms with Crippen LogP contribution in [0, 0.1) is 5.92 Å². The van der Waals surface area contributed by atoms with E-state index in [4.69, 9.17) is 0 Å². The Morgan fingerprint density at radius 2 is 1.79 bits per heavy atom. The molecule has 0 heterocycles. The van der Waals surface area contributed by atoms with E-state index in [0.717, 1.165) is 4.90 Å². The van der Waals surface area contributed by atoms with E-state index in [-0.39, 0.29) is 5.92 Å². The lowest BCUT2D eigenvalue weighted by Gasteiger charge is -2.30. The highest BCUT2D eigenvalue weighted by Crippen LogP contribution is 1.96. The molecule has 0 aromatic rings. The van der Waals surface area contributed by atoms with Crippen molar-refractivity contribution in [2.24, 2.45) is 5.92 Å². The number of rotatable bonds is 7. The summed E-state index contributed by atoms with van der Waals surface area (Å²) in [5.74, 6) is -0.950. The van der Waals surface area contributed by atoms with Crippen molar-refractivity contribution in [1.29, 1.82) is 0 Å². The van der Waals surface area contributed by atoms with E-state index in [9.17, 15) is 9.90 Å². The molecule has 0 fully saturated rings. The summed E-state index contributed by atoms with van der Waals surface area (Å²) in [7, 11) is 0. The molecule has 0 aromatic heterocycles. The van der Waals surface area contributed by atoms with E-state index in [1.807, 2.05) is 13.8 Å². The van der Waals surface area contributed by atoms with E-state index < -0.39 is 12.0 Å². The van der Waals surface area contributed by atoms with Crippen LogP contribution in [0.1, 0.15) is 13.8 Å². The largest absolute Gasteiger partial charge is 0.544 e. The van der Waals surface area contributed by atoms with Gasteiger partial charge in [-0.1, -0.05) is 27.0 Å². The van der Waals surface area contributed by atoms with Crippen molar-refractivity contribution in [1.82, 2.24) is 0 Å². The van der Waals surface area contributed by atoms with Crippen molar-refractivity contribution >= 4 is 5.97 Å². The topological polar surface area (TPSA) is 44.6 Å². The Kier molecular flexibility index (Phi) is 5.88. The number of quaternary nitrogens is 1. The number of nitrogens with one attached hydrogen (secondary N) is 1. The molecule has 0 aliphatic heterocycles. The average Bonchev–Trinajstić information content (AvgIpc) is 2.03. The molecule has 0 spiro atoms. The molecule has 3 nitrogen and oxygen atoms in total. The van der Waals surface area contributed by atoms with Gasteiger partial charge < -0.3 is 14.8 Å². The van der Waals surface area contributed by atoms with Crippen LogP contribution in [-0.2, 0) is 4.79 Å². The molecule has 0 saturated heterocycles. The van der Waals surface area contributed by atoms with E-state index >= 15 is 0 Å². The molecular formula is C11H19NO2. The van der Waals surface area contributed by atoms with Gasteiger partial charge in [0.1, 0.15) is 6.04 Å². The highest BCUT2D eigenvalue weighted by atomic mass is 16.4. The summed E-state index contributed by atoms with van der Waals surface area (Å²) in [6.07, 6.45) is 3.44. The predicted octanol–water partition coefficient (Wildman–Crippen LogP) is -0.982. The average molecular weight is 197 g/mol.